The van der Waals surface area contributed by atoms with Crippen LogP contribution in [0.3, 0.4) is 0 Å². The number of thioether (sulfide) groups is 1. The molecule has 0 bridgehead atoms. The van der Waals surface area contributed by atoms with E-state index in [0.717, 1.165) is 10.6 Å². The van der Waals surface area contributed by atoms with Crippen molar-refractivity contribution in [3.05, 3.63) is 88.0 Å². The molecule has 2 aliphatic rings. The molecular weight excluding hydrogens is 430 g/mol. The number of rotatable bonds is 8. The van der Waals surface area contributed by atoms with Crippen LogP contribution in [0.4, 0.5) is 5.69 Å². The molecule has 0 spiro atoms. The fraction of sp³-hybridized carbons (Fsp3) is 0.261. The second-order valence-electron chi connectivity index (χ2n) is 7.66. The maximum atomic E-state index is 12.8. The second kappa shape index (κ2) is 8.96. The van der Waals surface area contributed by atoms with Crippen LogP contribution in [0.25, 0.3) is 0 Å². The van der Waals surface area contributed by atoms with Crippen LogP contribution in [0.15, 0.2) is 71.7 Å². The molecule has 1 fully saturated rings. The zero-order valence-electron chi connectivity index (χ0n) is 17.3. The van der Waals surface area contributed by atoms with Crippen LogP contribution >= 0.6 is 11.8 Å². The van der Waals surface area contributed by atoms with Gasteiger partial charge in [-0.3, -0.25) is 19.9 Å². The third kappa shape index (κ3) is 4.29. The summed E-state index contributed by atoms with van der Waals surface area (Å²) in [6, 6.07) is 14.3. The van der Waals surface area contributed by atoms with Crippen molar-refractivity contribution in [3.63, 3.8) is 0 Å². The monoisotopic (exact) mass is 451 g/mol. The molecular formula is C23H21N3O5S. The van der Waals surface area contributed by atoms with Gasteiger partial charge in [-0.1, -0.05) is 48.7 Å². The summed E-state index contributed by atoms with van der Waals surface area (Å²) >= 11 is 1.49. The molecule has 3 atom stereocenters. The molecule has 1 amide bonds. The first-order valence-electron chi connectivity index (χ1n) is 10.00. The lowest BCUT2D eigenvalue weighted by Crippen LogP contribution is -2.66. The zero-order valence-corrected chi connectivity index (χ0v) is 18.2. The van der Waals surface area contributed by atoms with E-state index in [4.69, 9.17) is 4.74 Å². The van der Waals surface area contributed by atoms with E-state index in [1.54, 1.807) is 6.92 Å². The van der Waals surface area contributed by atoms with Crippen molar-refractivity contribution < 1.29 is 19.2 Å². The summed E-state index contributed by atoms with van der Waals surface area (Å²) in [7, 11) is 0. The Morgan fingerprint density at radius 1 is 1.22 bits per heavy atom. The number of ether oxygens (including phenoxy) is 1. The van der Waals surface area contributed by atoms with E-state index in [1.165, 1.54) is 40.9 Å². The van der Waals surface area contributed by atoms with Crippen LogP contribution in [0.1, 0.15) is 18.1 Å². The summed E-state index contributed by atoms with van der Waals surface area (Å²) in [6.07, 6.45) is 0.641. The minimum atomic E-state index is -0.902. The van der Waals surface area contributed by atoms with Gasteiger partial charge in [0.1, 0.15) is 12.0 Å². The number of aliphatic imine (C=N–C) groups is 1. The van der Waals surface area contributed by atoms with E-state index < -0.39 is 23.0 Å². The van der Waals surface area contributed by atoms with E-state index in [2.05, 4.69) is 11.6 Å². The van der Waals surface area contributed by atoms with Crippen LogP contribution in [0.5, 0.6) is 0 Å². The van der Waals surface area contributed by atoms with Crippen molar-refractivity contribution in [1.82, 2.24) is 4.90 Å². The number of esters is 1. The van der Waals surface area contributed by atoms with Crippen molar-refractivity contribution in [2.24, 2.45) is 4.99 Å². The topological polar surface area (TPSA) is 102 Å². The number of likely N-dealkylation sites (tertiary alicyclic amines) is 1. The molecule has 9 heteroatoms. The molecule has 0 aromatic heterocycles. The predicted octanol–water partition coefficient (Wildman–Crippen LogP) is 3.51. The molecule has 0 aliphatic carbocycles. The minimum Gasteiger partial charge on any atom is -0.459 e. The number of carbonyl (C=O) groups excluding carboxylic acids is 2. The molecule has 2 heterocycles. The Kier molecular flexibility index (Phi) is 6.09. The Morgan fingerprint density at radius 3 is 2.53 bits per heavy atom. The van der Waals surface area contributed by atoms with Gasteiger partial charge in [-0.15, -0.1) is 0 Å². The summed E-state index contributed by atoms with van der Waals surface area (Å²) in [5.74, 6) is -0.800. The van der Waals surface area contributed by atoms with Gasteiger partial charge in [0.05, 0.1) is 9.97 Å². The second-order valence-corrected chi connectivity index (χ2v) is 8.85. The highest BCUT2D eigenvalue weighted by atomic mass is 32.2. The molecule has 2 aliphatic heterocycles. The van der Waals surface area contributed by atoms with E-state index in [0.29, 0.717) is 17.6 Å². The van der Waals surface area contributed by atoms with Crippen molar-refractivity contribution >= 4 is 34.4 Å². The number of carbonyl (C=O) groups is 2. The summed E-state index contributed by atoms with van der Waals surface area (Å²) in [4.78, 5) is 41.9. The number of non-ortho nitro benzene ring substituents is 1. The highest BCUT2D eigenvalue weighted by Gasteiger charge is 2.56. The average Bonchev–Trinajstić information content (AvgIpc) is 3.15. The van der Waals surface area contributed by atoms with Gasteiger partial charge in [0, 0.05) is 18.6 Å². The third-order valence-corrected chi connectivity index (χ3v) is 6.53. The molecule has 2 aromatic rings. The van der Waals surface area contributed by atoms with Crippen LogP contribution in [0.2, 0.25) is 0 Å². The predicted molar refractivity (Wildman–Crippen MR) is 121 cm³/mol. The van der Waals surface area contributed by atoms with Gasteiger partial charge in [-0.25, -0.2) is 4.79 Å². The smallest absolute Gasteiger partial charge is 0.333 e. The normalized spacial score (nSPS) is 20.1. The first-order valence-corrected chi connectivity index (χ1v) is 10.9. The first kappa shape index (κ1) is 21.8. The van der Waals surface area contributed by atoms with Crippen LogP contribution in [-0.4, -0.2) is 44.2 Å². The number of hydrogen-bond donors (Lipinski definition) is 0. The van der Waals surface area contributed by atoms with Gasteiger partial charge in [-0.2, -0.15) is 0 Å². The standard InChI is InChI=1S/C23H21N3O5S/c1-14(2)20(23(28)31-13-16-8-10-17(11-9-16)26(29)30)25-21(27)19-22(25)32-18(24-19)12-15-6-4-3-5-7-15/h3-11,19-20,22H,1,12-13H2,2H3. The van der Waals surface area contributed by atoms with E-state index in [9.17, 15) is 19.7 Å². The van der Waals surface area contributed by atoms with Crippen LogP contribution < -0.4 is 0 Å². The fourth-order valence-corrected chi connectivity index (χ4v) is 5.02. The zero-order chi connectivity index (χ0) is 22.8. The maximum absolute atomic E-state index is 12.8. The molecule has 0 saturated carbocycles. The maximum Gasteiger partial charge on any atom is 0.333 e. The number of hydrogen-bond acceptors (Lipinski definition) is 7. The fourth-order valence-electron chi connectivity index (χ4n) is 3.67. The Labute approximate surface area is 189 Å². The Balaban J connectivity index is 1.40. The summed E-state index contributed by atoms with van der Waals surface area (Å²) in [6.45, 7) is 5.51. The molecule has 0 N–H and O–H groups in total. The lowest BCUT2D eigenvalue weighted by atomic mass is 10.00. The largest absolute Gasteiger partial charge is 0.459 e. The molecule has 1 saturated heterocycles. The number of nitro groups is 1. The Bertz CT molecular complexity index is 1100. The van der Waals surface area contributed by atoms with Crippen molar-refractivity contribution in [2.45, 2.75) is 37.4 Å². The van der Waals surface area contributed by atoms with E-state index in [-0.39, 0.29) is 23.6 Å². The van der Waals surface area contributed by atoms with Gasteiger partial charge in [0.25, 0.3) is 11.6 Å². The van der Waals surface area contributed by atoms with Crippen molar-refractivity contribution in [3.8, 4) is 0 Å². The van der Waals surface area contributed by atoms with Gasteiger partial charge < -0.3 is 9.64 Å². The molecule has 3 unspecified atom stereocenters. The molecule has 4 rings (SSSR count). The Hall–Kier alpha value is -3.46. The molecule has 164 valence electrons. The molecule has 2 aromatic carbocycles. The van der Waals surface area contributed by atoms with Crippen molar-refractivity contribution in [1.29, 1.82) is 0 Å². The van der Waals surface area contributed by atoms with Gasteiger partial charge >= 0.3 is 5.97 Å². The number of β-lactam (4-membered cyclic amide) rings is 1. The summed E-state index contributed by atoms with van der Waals surface area (Å²) < 4.78 is 5.42. The number of benzene rings is 2. The van der Waals surface area contributed by atoms with Gasteiger partial charge in [0.2, 0.25) is 0 Å². The molecule has 32 heavy (non-hydrogen) atoms. The lowest BCUT2D eigenvalue weighted by Gasteiger charge is -2.45. The molecule has 8 nitrogen and oxygen atoms in total. The number of amides is 1. The lowest BCUT2D eigenvalue weighted by molar-refractivity contribution is -0.384. The minimum absolute atomic E-state index is 0.0401. The number of nitro benzene ring substituents is 1. The van der Waals surface area contributed by atoms with E-state index >= 15 is 0 Å². The summed E-state index contributed by atoms with van der Waals surface area (Å²) in [5, 5.41) is 11.4. The van der Waals surface area contributed by atoms with Crippen molar-refractivity contribution in [2.75, 3.05) is 0 Å². The Morgan fingerprint density at radius 2 is 1.91 bits per heavy atom. The summed E-state index contributed by atoms with van der Waals surface area (Å²) in [5.41, 5.74) is 2.18. The average molecular weight is 452 g/mol. The quantitative estimate of drug-likeness (QED) is 0.200. The van der Waals surface area contributed by atoms with Crippen LogP contribution in [-0.2, 0) is 27.4 Å². The van der Waals surface area contributed by atoms with Crippen LogP contribution in [0, 0.1) is 10.1 Å². The SMILES string of the molecule is C=C(C)C(C(=O)OCc1ccc([N+](=O)[O-])cc1)N1C(=O)C2N=C(Cc3ccccc3)SC21. The third-order valence-electron chi connectivity index (χ3n) is 5.29. The molecule has 0 radical (unpaired) electrons. The first-order chi connectivity index (χ1) is 15.3. The van der Waals surface area contributed by atoms with E-state index in [1.807, 2.05) is 30.3 Å². The number of nitrogens with zero attached hydrogens (tertiary/aromatic N) is 3. The number of fused-ring (bicyclic) bond motifs is 1. The van der Waals surface area contributed by atoms with Gasteiger partial charge in [0.15, 0.2) is 12.1 Å². The van der Waals surface area contributed by atoms with Gasteiger partial charge in [-0.05, 0) is 35.8 Å². The highest BCUT2D eigenvalue weighted by Crippen LogP contribution is 2.42. The highest BCUT2D eigenvalue weighted by molar-refractivity contribution is 8.14.